The molecule has 102 valence electrons. The fraction of sp³-hybridized carbons (Fsp3) is 0.444. The number of hydrogen-bond donors (Lipinski definition) is 0. The highest BCUT2D eigenvalue weighted by Crippen LogP contribution is 2.35. The van der Waals surface area contributed by atoms with Crippen molar-refractivity contribution in [2.24, 2.45) is 0 Å². The lowest BCUT2D eigenvalue weighted by Gasteiger charge is -2.15. The molecule has 1 rings (SSSR count). The number of hydrogen-bond acceptors (Lipinski definition) is 3. The summed E-state index contributed by atoms with van der Waals surface area (Å²) in [6.45, 7) is 0. The molecule has 0 saturated carbocycles. The van der Waals surface area contributed by atoms with Crippen LogP contribution in [0.4, 0.5) is 22.0 Å². The minimum atomic E-state index is -4.97. The largest absolute Gasteiger partial charge is 0.573 e. The van der Waals surface area contributed by atoms with Crippen LogP contribution >= 0.6 is 11.6 Å². The molecule has 1 aromatic heterocycles. The van der Waals surface area contributed by atoms with Gasteiger partial charge in [0, 0.05) is 6.07 Å². The molecule has 1 heterocycles. The first-order valence-corrected chi connectivity index (χ1v) is 4.99. The van der Waals surface area contributed by atoms with Gasteiger partial charge in [0.25, 0.3) is 6.43 Å². The van der Waals surface area contributed by atoms with Crippen molar-refractivity contribution in [2.45, 2.75) is 18.7 Å². The van der Waals surface area contributed by atoms with E-state index in [4.69, 9.17) is 11.6 Å². The molecule has 0 unspecified atom stereocenters. The van der Waals surface area contributed by atoms with Gasteiger partial charge in [0.1, 0.15) is 11.4 Å². The number of rotatable bonds is 4. The van der Waals surface area contributed by atoms with Crippen LogP contribution in [-0.2, 0) is 5.88 Å². The summed E-state index contributed by atoms with van der Waals surface area (Å²) in [4.78, 5) is 3.31. The highest BCUT2D eigenvalue weighted by molar-refractivity contribution is 6.17. The van der Waals surface area contributed by atoms with Crippen molar-refractivity contribution in [3.63, 3.8) is 0 Å². The van der Waals surface area contributed by atoms with Crippen LogP contribution in [0.5, 0.6) is 11.5 Å². The molecule has 0 atom stereocenters. The highest BCUT2D eigenvalue weighted by atomic mass is 35.5. The minimum absolute atomic E-state index is 0.440. The third-order valence-electron chi connectivity index (χ3n) is 1.83. The van der Waals surface area contributed by atoms with Crippen molar-refractivity contribution >= 4 is 11.6 Å². The molecule has 0 aliphatic rings. The van der Waals surface area contributed by atoms with Gasteiger partial charge >= 0.3 is 6.36 Å². The van der Waals surface area contributed by atoms with E-state index in [0.717, 1.165) is 7.11 Å². The maximum Gasteiger partial charge on any atom is 0.573 e. The van der Waals surface area contributed by atoms with Crippen molar-refractivity contribution in [1.82, 2.24) is 4.98 Å². The molecule has 0 aliphatic heterocycles. The molecule has 0 amide bonds. The lowest BCUT2D eigenvalue weighted by atomic mass is 10.2. The van der Waals surface area contributed by atoms with E-state index in [1.165, 1.54) is 0 Å². The average Bonchev–Trinajstić information content (AvgIpc) is 2.25. The van der Waals surface area contributed by atoms with Gasteiger partial charge in [0.05, 0.1) is 18.7 Å². The lowest BCUT2D eigenvalue weighted by Crippen LogP contribution is -2.19. The molecule has 18 heavy (non-hydrogen) atoms. The summed E-state index contributed by atoms with van der Waals surface area (Å²) in [5.74, 6) is -1.77. The van der Waals surface area contributed by atoms with E-state index >= 15 is 0 Å². The van der Waals surface area contributed by atoms with Gasteiger partial charge in [0.15, 0.2) is 5.75 Å². The molecule has 1 aromatic rings. The molecule has 0 aromatic carbocycles. The normalized spacial score (nSPS) is 11.8. The standard InChI is InChI=1S/C9H7ClF5NO2/c1-17-6-2-5(18-9(13,14)15)4(3-10)16-7(6)8(11)12/h2,8H,3H2,1H3. The molecule has 0 N–H and O–H groups in total. The van der Waals surface area contributed by atoms with Gasteiger partial charge in [-0.1, -0.05) is 0 Å². The number of alkyl halides is 6. The van der Waals surface area contributed by atoms with Crippen LogP contribution in [0.15, 0.2) is 6.07 Å². The lowest BCUT2D eigenvalue weighted by molar-refractivity contribution is -0.275. The van der Waals surface area contributed by atoms with Crippen LogP contribution in [0.1, 0.15) is 17.8 Å². The summed E-state index contributed by atoms with van der Waals surface area (Å²) in [5, 5.41) is 0. The predicted molar refractivity (Wildman–Crippen MR) is 52.0 cm³/mol. The zero-order valence-electron chi connectivity index (χ0n) is 8.89. The summed E-state index contributed by atoms with van der Waals surface area (Å²) in [5.41, 5.74) is -1.23. The van der Waals surface area contributed by atoms with Crippen LogP contribution < -0.4 is 9.47 Å². The van der Waals surface area contributed by atoms with Crippen LogP contribution in [-0.4, -0.2) is 18.5 Å². The van der Waals surface area contributed by atoms with Crippen molar-refractivity contribution in [3.8, 4) is 11.5 Å². The summed E-state index contributed by atoms with van der Waals surface area (Å²) >= 11 is 5.34. The zero-order valence-corrected chi connectivity index (χ0v) is 9.65. The Bertz CT molecular complexity index is 424. The van der Waals surface area contributed by atoms with Crippen LogP contribution in [0.25, 0.3) is 0 Å². The molecule has 3 nitrogen and oxygen atoms in total. The number of pyridine rings is 1. The Morgan fingerprint density at radius 3 is 2.33 bits per heavy atom. The van der Waals surface area contributed by atoms with Gasteiger partial charge in [0.2, 0.25) is 0 Å². The molecule has 0 spiro atoms. The molecule has 0 radical (unpaired) electrons. The van der Waals surface area contributed by atoms with E-state index in [-0.39, 0.29) is 0 Å². The quantitative estimate of drug-likeness (QED) is 0.626. The SMILES string of the molecule is COc1cc(OC(F)(F)F)c(CCl)nc1C(F)F. The van der Waals surface area contributed by atoms with Crippen LogP contribution in [0, 0.1) is 0 Å². The Morgan fingerprint density at radius 2 is 1.94 bits per heavy atom. The Balaban J connectivity index is 3.26. The third kappa shape index (κ3) is 3.59. The average molecular weight is 292 g/mol. The van der Waals surface area contributed by atoms with E-state index in [2.05, 4.69) is 14.5 Å². The second-order valence-electron chi connectivity index (χ2n) is 3.00. The fourth-order valence-corrected chi connectivity index (χ4v) is 1.35. The van der Waals surface area contributed by atoms with E-state index in [0.29, 0.717) is 6.07 Å². The molecular formula is C9H7ClF5NO2. The second kappa shape index (κ2) is 5.55. The summed E-state index contributed by atoms with van der Waals surface area (Å²) in [7, 11) is 1.03. The van der Waals surface area contributed by atoms with Crippen molar-refractivity contribution in [2.75, 3.05) is 7.11 Å². The van der Waals surface area contributed by atoms with Crippen molar-refractivity contribution in [3.05, 3.63) is 17.5 Å². The molecule has 9 heteroatoms. The van der Waals surface area contributed by atoms with Gasteiger partial charge in [-0.2, -0.15) is 0 Å². The summed E-state index contributed by atoms with van der Waals surface area (Å²) < 4.78 is 69.5. The van der Waals surface area contributed by atoms with E-state index in [1.807, 2.05) is 0 Å². The van der Waals surface area contributed by atoms with E-state index in [1.54, 1.807) is 0 Å². The van der Waals surface area contributed by atoms with Gasteiger partial charge in [-0.3, -0.25) is 0 Å². The molecule has 0 aliphatic carbocycles. The maximum atomic E-state index is 12.6. The highest BCUT2D eigenvalue weighted by Gasteiger charge is 2.33. The van der Waals surface area contributed by atoms with Gasteiger partial charge in [-0.05, 0) is 0 Å². The van der Waals surface area contributed by atoms with Crippen LogP contribution in [0.3, 0.4) is 0 Å². The van der Waals surface area contributed by atoms with Gasteiger partial charge in [-0.15, -0.1) is 24.8 Å². The van der Waals surface area contributed by atoms with Crippen molar-refractivity contribution < 1.29 is 31.4 Å². The number of ether oxygens (including phenoxy) is 2. The maximum absolute atomic E-state index is 12.6. The third-order valence-corrected chi connectivity index (χ3v) is 2.09. The second-order valence-corrected chi connectivity index (χ2v) is 3.27. The monoisotopic (exact) mass is 291 g/mol. The van der Waals surface area contributed by atoms with Crippen LogP contribution in [0.2, 0.25) is 0 Å². The fourth-order valence-electron chi connectivity index (χ4n) is 1.16. The number of methoxy groups -OCH3 is 1. The molecule has 0 fully saturated rings. The zero-order chi connectivity index (χ0) is 13.9. The van der Waals surface area contributed by atoms with Gasteiger partial charge in [-0.25, -0.2) is 13.8 Å². The number of aromatic nitrogens is 1. The first-order valence-electron chi connectivity index (χ1n) is 4.46. The smallest absolute Gasteiger partial charge is 0.494 e. The Labute approximate surface area is 103 Å². The molecule has 0 bridgehead atoms. The predicted octanol–water partition coefficient (Wildman–Crippen LogP) is 3.67. The first-order chi connectivity index (χ1) is 8.28. The summed E-state index contributed by atoms with van der Waals surface area (Å²) in [6, 6.07) is 0.680. The molecule has 0 saturated heterocycles. The van der Waals surface area contributed by atoms with E-state index in [9.17, 15) is 22.0 Å². The van der Waals surface area contributed by atoms with E-state index < -0.39 is 41.6 Å². The first kappa shape index (κ1) is 14.7. The number of nitrogens with zero attached hydrogens (tertiary/aromatic N) is 1. The number of halogens is 6. The summed E-state index contributed by atoms with van der Waals surface area (Å²) in [6.07, 6.45) is -7.97. The van der Waals surface area contributed by atoms with Gasteiger partial charge < -0.3 is 9.47 Å². The Kier molecular flexibility index (Phi) is 4.55. The Hall–Kier alpha value is -1.31. The molecular weight excluding hydrogens is 285 g/mol. The van der Waals surface area contributed by atoms with Crippen molar-refractivity contribution in [1.29, 1.82) is 0 Å². The Morgan fingerprint density at radius 1 is 1.33 bits per heavy atom. The topological polar surface area (TPSA) is 31.4 Å². The minimum Gasteiger partial charge on any atom is -0.494 e.